The minimum Gasteiger partial charge on any atom is -0.491 e. The Kier molecular flexibility index (Phi) is 5.86. The number of carbonyl (C=O) groups is 1. The van der Waals surface area contributed by atoms with Crippen LogP contribution in [0.15, 0.2) is 66.9 Å². The van der Waals surface area contributed by atoms with Crippen LogP contribution < -0.4 is 9.47 Å². The van der Waals surface area contributed by atoms with Crippen molar-refractivity contribution in [2.24, 2.45) is 0 Å². The third kappa shape index (κ3) is 4.44. The summed E-state index contributed by atoms with van der Waals surface area (Å²) in [4.78, 5) is 16.4. The Hall–Kier alpha value is -3.80. The van der Waals surface area contributed by atoms with Gasteiger partial charge in [-0.2, -0.15) is 0 Å². The Balaban J connectivity index is 1.73. The van der Waals surface area contributed by atoms with E-state index in [0.29, 0.717) is 5.88 Å². The Morgan fingerprint density at radius 3 is 2.16 bits per heavy atom. The molecular weight excluding hydrogens is 404 g/mol. The fourth-order valence-corrected chi connectivity index (χ4v) is 3.64. The van der Waals surface area contributed by atoms with Crippen molar-refractivity contribution in [2.75, 3.05) is 0 Å². The van der Waals surface area contributed by atoms with E-state index in [0.717, 1.165) is 33.5 Å². The number of aromatic carboxylic acids is 1. The zero-order valence-electron chi connectivity index (χ0n) is 18.6. The Bertz CT molecular complexity index is 1240. The van der Waals surface area contributed by atoms with E-state index in [2.05, 4.69) is 4.98 Å². The van der Waals surface area contributed by atoms with Crippen molar-refractivity contribution in [3.8, 4) is 28.4 Å². The molecule has 4 aromatic rings. The van der Waals surface area contributed by atoms with E-state index in [9.17, 15) is 9.90 Å². The summed E-state index contributed by atoms with van der Waals surface area (Å²) >= 11 is 0. The number of benzene rings is 2. The molecule has 164 valence electrons. The Morgan fingerprint density at radius 2 is 1.56 bits per heavy atom. The maximum absolute atomic E-state index is 12.0. The van der Waals surface area contributed by atoms with Crippen molar-refractivity contribution < 1.29 is 19.4 Å². The average molecular weight is 431 g/mol. The number of pyridine rings is 1. The topological polar surface area (TPSA) is 73.6 Å². The summed E-state index contributed by atoms with van der Waals surface area (Å²) in [5, 5.41) is 10.7. The molecule has 0 saturated heterocycles. The molecular formula is C26H26N2O4. The monoisotopic (exact) mass is 430 g/mol. The van der Waals surface area contributed by atoms with Crippen molar-refractivity contribution in [1.29, 1.82) is 0 Å². The number of ether oxygens (including phenoxy) is 2. The van der Waals surface area contributed by atoms with Crippen molar-refractivity contribution in [1.82, 2.24) is 9.55 Å². The van der Waals surface area contributed by atoms with Gasteiger partial charge in [-0.1, -0.05) is 6.07 Å². The fourth-order valence-electron chi connectivity index (χ4n) is 3.64. The minimum atomic E-state index is -0.984. The molecule has 0 saturated carbocycles. The van der Waals surface area contributed by atoms with Gasteiger partial charge in [0, 0.05) is 28.9 Å². The zero-order valence-corrected chi connectivity index (χ0v) is 18.6. The van der Waals surface area contributed by atoms with E-state index in [1.165, 1.54) is 0 Å². The predicted molar refractivity (Wildman–Crippen MR) is 125 cm³/mol. The first-order chi connectivity index (χ1) is 15.3. The van der Waals surface area contributed by atoms with E-state index in [4.69, 9.17) is 9.47 Å². The summed E-state index contributed by atoms with van der Waals surface area (Å²) in [7, 11) is 0. The second-order valence-corrected chi connectivity index (χ2v) is 8.16. The number of hydrogen-bond acceptors (Lipinski definition) is 4. The smallest absolute Gasteiger partial charge is 0.352 e. The van der Waals surface area contributed by atoms with Crippen molar-refractivity contribution in [3.63, 3.8) is 0 Å². The lowest BCUT2D eigenvalue weighted by Crippen LogP contribution is -2.07. The van der Waals surface area contributed by atoms with Crippen LogP contribution in [0.1, 0.15) is 38.2 Å². The summed E-state index contributed by atoms with van der Waals surface area (Å²) < 4.78 is 13.1. The number of aromatic nitrogens is 2. The summed E-state index contributed by atoms with van der Waals surface area (Å²) in [5.41, 5.74) is 3.67. The first-order valence-corrected chi connectivity index (χ1v) is 10.6. The molecule has 0 bridgehead atoms. The maximum Gasteiger partial charge on any atom is 0.352 e. The van der Waals surface area contributed by atoms with Crippen molar-refractivity contribution in [3.05, 3.63) is 72.6 Å². The van der Waals surface area contributed by atoms with E-state index in [1.54, 1.807) is 16.8 Å². The summed E-state index contributed by atoms with van der Waals surface area (Å²) in [6.07, 6.45) is 1.90. The van der Waals surface area contributed by atoms with Gasteiger partial charge in [0.1, 0.15) is 11.4 Å². The normalized spacial score (nSPS) is 11.3. The molecule has 0 spiro atoms. The summed E-state index contributed by atoms with van der Waals surface area (Å²) in [6, 6.07) is 18.8. The lowest BCUT2D eigenvalue weighted by Gasteiger charge is -2.12. The quantitative estimate of drug-likeness (QED) is 0.391. The highest BCUT2D eigenvalue weighted by Gasteiger charge is 2.17. The molecule has 2 aromatic heterocycles. The lowest BCUT2D eigenvalue weighted by atomic mass is 10.1. The van der Waals surface area contributed by atoms with E-state index in [-0.39, 0.29) is 17.9 Å². The molecule has 2 aromatic carbocycles. The van der Waals surface area contributed by atoms with Gasteiger partial charge in [-0.25, -0.2) is 9.78 Å². The molecule has 0 fully saturated rings. The van der Waals surface area contributed by atoms with E-state index in [1.807, 2.05) is 82.3 Å². The third-order valence-corrected chi connectivity index (χ3v) is 4.91. The van der Waals surface area contributed by atoms with Crippen LogP contribution in [0.3, 0.4) is 0 Å². The molecule has 0 aliphatic rings. The molecule has 6 heteroatoms. The van der Waals surface area contributed by atoms with Crippen LogP contribution in [0.2, 0.25) is 0 Å². The van der Waals surface area contributed by atoms with Gasteiger partial charge in [-0.3, -0.25) is 0 Å². The van der Waals surface area contributed by atoms with Crippen LogP contribution in [0.5, 0.6) is 11.6 Å². The fraction of sp³-hybridized carbons (Fsp3) is 0.231. The van der Waals surface area contributed by atoms with Crippen LogP contribution in [0, 0.1) is 0 Å². The van der Waals surface area contributed by atoms with Gasteiger partial charge in [0.15, 0.2) is 0 Å². The Labute approximate surface area is 187 Å². The molecule has 0 amide bonds. The minimum absolute atomic E-state index is 0.0601. The SMILES string of the molecule is CC(C)Oc1ccc(-n2c(C(=O)O)cc3cc(-c4ccc(OC(C)C)nc4)ccc32)cc1. The van der Waals surface area contributed by atoms with Gasteiger partial charge in [0.2, 0.25) is 5.88 Å². The van der Waals surface area contributed by atoms with Gasteiger partial charge in [-0.15, -0.1) is 0 Å². The summed E-state index contributed by atoms with van der Waals surface area (Å²) in [6.45, 7) is 7.85. The van der Waals surface area contributed by atoms with Crippen LogP contribution in [0.4, 0.5) is 0 Å². The highest BCUT2D eigenvalue weighted by molar-refractivity contribution is 5.97. The molecule has 0 aliphatic carbocycles. The van der Waals surface area contributed by atoms with Crippen LogP contribution in [-0.2, 0) is 0 Å². The van der Waals surface area contributed by atoms with Gasteiger partial charge < -0.3 is 19.1 Å². The molecule has 6 nitrogen and oxygen atoms in total. The molecule has 32 heavy (non-hydrogen) atoms. The number of carboxylic acid groups (broad SMARTS) is 1. The number of hydrogen-bond donors (Lipinski definition) is 1. The molecule has 0 atom stereocenters. The van der Waals surface area contributed by atoms with Crippen LogP contribution >= 0.6 is 0 Å². The maximum atomic E-state index is 12.0. The molecule has 0 radical (unpaired) electrons. The van der Waals surface area contributed by atoms with Crippen molar-refractivity contribution in [2.45, 2.75) is 39.9 Å². The second-order valence-electron chi connectivity index (χ2n) is 8.16. The predicted octanol–water partition coefficient (Wildman–Crippen LogP) is 5.97. The summed E-state index contributed by atoms with van der Waals surface area (Å²) in [5.74, 6) is 0.341. The van der Waals surface area contributed by atoms with Crippen LogP contribution in [0.25, 0.3) is 27.7 Å². The number of carboxylic acids is 1. The van der Waals surface area contributed by atoms with E-state index < -0.39 is 5.97 Å². The molecule has 2 heterocycles. The van der Waals surface area contributed by atoms with Gasteiger partial charge >= 0.3 is 5.97 Å². The molecule has 1 N–H and O–H groups in total. The number of rotatable bonds is 7. The highest BCUT2D eigenvalue weighted by atomic mass is 16.5. The first-order valence-electron chi connectivity index (χ1n) is 10.6. The lowest BCUT2D eigenvalue weighted by molar-refractivity contribution is 0.0688. The van der Waals surface area contributed by atoms with Gasteiger partial charge in [0.25, 0.3) is 0 Å². The number of nitrogens with zero attached hydrogens (tertiary/aromatic N) is 2. The third-order valence-electron chi connectivity index (χ3n) is 4.91. The molecule has 0 aliphatic heterocycles. The zero-order chi connectivity index (χ0) is 22.8. The largest absolute Gasteiger partial charge is 0.491 e. The van der Waals surface area contributed by atoms with E-state index >= 15 is 0 Å². The molecule has 0 unspecified atom stereocenters. The average Bonchev–Trinajstić information content (AvgIpc) is 3.13. The van der Waals surface area contributed by atoms with Gasteiger partial charge in [0.05, 0.1) is 17.7 Å². The van der Waals surface area contributed by atoms with Crippen molar-refractivity contribution >= 4 is 16.9 Å². The standard InChI is InChI=1S/C26H26N2O4/c1-16(2)31-22-9-7-21(8-10-22)28-23-11-5-18(13-20(23)14-24(28)26(29)30)19-6-12-25(27-15-19)32-17(3)4/h5-17H,1-4H3,(H,29,30). The highest BCUT2D eigenvalue weighted by Crippen LogP contribution is 2.30. The van der Waals surface area contributed by atoms with Crippen LogP contribution in [-0.4, -0.2) is 32.8 Å². The second kappa shape index (κ2) is 8.75. The Morgan fingerprint density at radius 1 is 0.875 bits per heavy atom. The van der Waals surface area contributed by atoms with Gasteiger partial charge in [-0.05, 0) is 81.8 Å². The number of fused-ring (bicyclic) bond motifs is 1. The molecule has 4 rings (SSSR count). The first kappa shape index (κ1) is 21.4.